The van der Waals surface area contributed by atoms with E-state index in [-0.39, 0.29) is 12.5 Å². The number of benzene rings is 2. The lowest BCUT2D eigenvalue weighted by atomic mass is 9.96. The lowest BCUT2D eigenvalue weighted by molar-refractivity contribution is -0.143. The van der Waals surface area contributed by atoms with E-state index in [2.05, 4.69) is 0 Å². The van der Waals surface area contributed by atoms with Crippen molar-refractivity contribution in [3.63, 3.8) is 0 Å². The number of hydrogen-bond acceptors (Lipinski definition) is 4. The number of phenolic OH excluding ortho intramolecular Hbond substituents is 3. The number of halogens is 6. The van der Waals surface area contributed by atoms with Gasteiger partial charge in [0.25, 0.3) is 0 Å². The van der Waals surface area contributed by atoms with Crippen molar-refractivity contribution < 1.29 is 46.5 Å². The molecule has 0 spiro atoms. The van der Waals surface area contributed by atoms with Gasteiger partial charge >= 0.3 is 12.4 Å². The van der Waals surface area contributed by atoms with E-state index >= 15 is 0 Å². The summed E-state index contributed by atoms with van der Waals surface area (Å²) in [4.78, 5) is 12.5. The highest BCUT2D eigenvalue weighted by atomic mass is 19.4. The zero-order valence-corrected chi connectivity index (χ0v) is 13.8. The van der Waals surface area contributed by atoms with Crippen LogP contribution in [-0.2, 0) is 12.4 Å². The number of carbonyl (C=O) groups excluding carboxylic acids is 1. The van der Waals surface area contributed by atoms with Gasteiger partial charge in [0, 0.05) is 18.1 Å². The van der Waals surface area contributed by atoms with Crippen LogP contribution in [0.4, 0.5) is 26.3 Å². The van der Waals surface area contributed by atoms with E-state index in [1.54, 1.807) is 0 Å². The Morgan fingerprint density at radius 2 is 1.46 bits per heavy atom. The predicted molar refractivity (Wildman–Crippen MR) is 83.1 cm³/mol. The van der Waals surface area contributed by atoms with Crippen LogP contribution in [0.3, 0.4) is 0 Å². The largest absolute Gasteiger partial charge is 0.508 e. The molecule has 4 nitrogen and oxygen atoms in total. The Bertz CT molecular complexity index is 925. The molecule has 0 aromatic heterocycles. The van der Waals surface area contributed by atoms with Crippen molar-refractivity contribution in [2.24, 2.45) is 5.92 Å². The smallest absolute Gasteiger partial charge is 0.416 e. The molecule has 1 saturated carbocycles. The van der Waals surface area contributed by atoms with E-state index in [9.17, 15) is 46.5 Å². The van der Waals surface area contributed by atoms with Gasteiger partial charge in [0.1, 0.15) is 22.8 Å². The molecule has 10 heteroatoms. The molecule has 150 valence electrons. The maximum absolute atomic E-state index is 13.3. The van der Waals surface area contributed by atoms with Gasteiger partial charge in [0.05, 0.1) is 11.1 Å². The average Bonchev–Trinajstić information content (AvgIpc) is 3.32. The summed E-state index contributed by atoms with van der Waals surface area (Å²) in [7, 11) is 0. The normalized spacial score (nSPS) is 19.5. The Morgan fingerprint density at radius 3 is 1.96 bits per heavy atom. The summed E-state index contributed by atoms with van der Waals surface area (Å²) in [5.74, 6) is -4.97. The molecule has 0 saturated heterocycles. The van der Waals surface area contributed by atoms with Crippen LogP contribution in [0.15, 0.2) is 30.3 Å². The number of aromatic hydroxyl groups is 3. The molecule has 28 heavy (non-hydrogen) atoms. The Labute approximate surface area is 153 Å². The maximum Gasteiger partial charge on any atom is 0.416 e. The molecule has 1 aliphatic rings. The van der Waals surface area contributed by atoms with Gasteiger partial charge in [-0.2, -0.15) is 26.3 Å². The molecule has 1 fully saturated rings. The van der Waals surface area contributed by atoms with Crippen LogP contribution in [0.5, 0.6) is 17.2 Å². The highest BCUT2D eigenvalue weighted by molar-refractivity contribution is 6.05. The maximum atomic E-state index is 13.3. The fourth-order valence-corrected chi connectivity index (χ4v) is 3.17. The predicted octanol–water partition coefficient (Wildman–Crippen LogP) is 4.83. The molecule has 1 aliphatic carbocycles. The van der Waals surface area contributed by atoms with E-state index < -0.39 is 69.5 Å². The van der Waals surface area contributed by atoms with Crippen molar-refractivity contribution in [1.82, 2.24) is 0 Å². The number of carbonyl (C=O) groups is 1. The van der Waals surface area contributed by atoms with E-state index in [1.807, 2.05) is 0 Å². The number of rotatable bonds is 3. The van der Waals surface area contributed by atoms with Gasteiger partial charge in [0.15, 0.2) is 5.78 Å². The van der Waals surface area contributed by atoms with Crippen molar-refractivity contribution in [2.75, 3.05) is 0 Å². The second-order valence-electron chi connectivity index (χ2n) is 6.47. The van der Waals surface area contributed by atoms with Crippen LogP contribution in [0.1, 0.15) is 39.4 Å². The number of Topliss-reactive ketones (excluding diaryl/α,β-unsaturated/α-hetero) is 1. The Balaban J connectivity index is 1.96. The van der Waals surface area contributed by atoms with Gasteiger partial charge in [-0.3, -0.25) is 4.79 Å². The molecule has 0 heterocycles. The van der Waals surface area contributed by atoms with Crippen LogP contribution in [0.25, 0.3) is 0 Å². The van der Waals surface area contributed by atoms with E-state index in [0.717, 1.165) is 12.1 Å². The summed E-state index contributed by atoms with van der Waals surface area (Å²) in [6.45, 7) is 0. The summed E-state index contributed by atoms with van der Waals surface area (Å²) >= 11 is 0. The second kappa shape index (κ2) is 6.32. The van der Waals surface area contributed by atoms with E-state index in [0.29, 0.717) is 12.1 Å². The summed E-state index contributed by atoms with van der Waals surface area (Å²) in [6.07, 6.45) is -10.1. The van der Waals surface area contributed by atoms with Gasteiger partial charge in [-0.05, 0) is 30.0 Å². The Kier molecular flexibility index (Phi) is 4.48. The topological polar surface area (TPSA) is 77.8 Å². The van der Waals surface area contributed by atoms with E-state index in [4.69, 9.17) is 0 Å². The Hall–Kier alpha value is -2.91. The van der Waals surface area contributed by atoms with Crippen LogP contribution < -0.4 is 0 Å². The molecule has 0 radical (unpaired) electrons. The molecule has 2 atom stereocenters. The lowest BCUT2D eigenvalue weighted by Gasteiger charge is -2.16. The molecule has 2 aromatic rings. The molecule has 3 rings (SSSR count). The van der Waals surface area contributed by atoms with Crippen LogP contribution in [0.2, 0.25) is 0 Å². The Morgan fingerprint density at radius 1 is 0.893 bits per heavy atom. The summed E-state index contributed by atoms with van der Waals surface area (Å²) in [5.41, 5.74) is -3.97. The van der Waals surface area contributed by atoms with Gasteiger partial charge in [-0.25, -0.2) is 0 Å². The second-order valence-corrected chi connectivity index (χ2v) is 6.47. The minimum absolute atomic E-state index is 0.00465. The highest BCUT2D eigenvalue weighted by Gasteiger charge is 2.49. The first-order valence-electron chi connectivity index (χ1n) is 7.88. The molecular formula is C18H12F6O4. The zero-order chi connectivity index (χ0) is 21.0. The number of phenols is 3. The number of alkyl halides is 6. The van der Waals surface area contributed by atoms with Gasteiger partial charge < -0.3 is 15.3 Å². The van der Waals surface area contributed by atoms with Gasteiger partial charge in [0.2, 0.25) is 0 Å². The molecule has 2 aromatic carbocycles. The standard InChI is InChI=1S/C18H12F6O4/c19-17(20,21)7-1-2-9(12(3-7)18(22,23)24)10-6-11(10)16(28)15-13(26)4-8(25)5-14(15)27/h1-5,10-11,25-27H,6H2/t10?,11-/m0/s1. The fourth-order valence-electron chi connectivity index (χ4n) is 3.17. The third kappa shape index (κ3) is 3.58. The van der Waals surface area contributed by atoms with Crippen molar-refractivity contribution in [2.45, 2.75) is 24.7 Å². The SMILES string of the molecule is O=C(c1c(O)cc(O)cc1O)[C@H]1CC1c1ccc(C(F)(F)F)cc1C(F)(F)F. The van der Waals surface area contributed by atoms with Crippen molar-refractivity contribution >= 4 is 5.78 Å². The first kappa shape index (κ1) is 19.8. The minimum Gasteiger partial charge on any atom is -0.508 e. The fraction of sp³-hybridized carbons (Fsp3) is 0.278. The summed E-state index contributed by atoms with van der Waals surface area (Å²) < 4.78 is 78.1. The van der Waals surface area contributed by atoms with Crippen LogP contribution >= 0.6 is 0 Å². The molecule has 0 aliphatic heterocycles. The molecule has 0 amide bonds. The highest BCUT2D eigenvalue weighted by Crippen LogP contribution is 2.54. The molecular weight excluding hydrogens is 394 g/mol. The first-order valence-corrected chi connectivity index (χ1v) is 7.88. The van der Waals surface area contributed by atoms with Crippen molar-refractivity contribution in [1.29, 1.82) is 0 Å². The molecule has 1 unspecified atom stereocenters. The third-order valence-electron chi connectivity index (χ3n) is 4.54. The minimum atomic E-state index is -5.06. The number of hydrogen-bond donors (Lipinski definition) is 3. The van der Waals surface area contributed by atoms with Gasteiger partial charge in [-0.15, -0.1) is 0 Å². The first-order chi connectivity index (χ1) is 12.8. The quantitative estimate of drug-likeness (QED) is 0.504. The van der Waals surface area contributed by atoms with E-state index in [1.165, 1.54) is 0 Å². The molecule has 0 bridgehead atoms. The monoisotopic (exact) mass is 406 g/mol. The summed E-state index contributed by atoms with van der Waals surface area (Å²) in [6, 6.07) is 2.78. The third-order valence-corrected chi connectivity index (χ3v) is 4.54. The zero-order valence-electron chi connectivity index (χ0n) is 13.8. The van der Waals surface area contributed by atoms with Crippen LogP contribution in [-0.4, -0.2) is 21.1 Å². The molecule has 3 N–H and O–H groups in total. The van der Waals surface area contributed by atoms with Crippen molar-refractivity contribution in [3.8, 4) is 17.2 Å². The number of ketones is 1. The van der Waals surface area contributed by atoms with Crippen LogP contribution in [0, 0.1) is 5.92 Å². The van der Waals surface area contributed by atoms with Gasteiger partial charge in [-0.1, -0.05) is 6.07 Å². The average molecular weight is 406 g/mol. The summed E-state index contributed by atoms with van der Waals surface area (Å²) in [5, 5.41) is 28.7. The van der Waals surface area contributed by atoms with Crippen molar-refractivity contribution in [3.05, 3.63) is 52.6 Å². The lowest BCUT2D eigenvalue weighted by Crippen LogP contribution is -2.14.